The molecule has 2 aromatic rings. The minimum Gasteiger partial charge on any atom is -0.348 e. The Morgan fingerprint density at radius 1 is 0.931 bits per heavy atom. The predicted molar refractivity (Wildman–Crippen MR) is 106 cm³/mol. The third-order valence-electron chi connectivity index (χ3n) is 5.35. The second kappa shape index (κ2) is 9.13. The zero-order valence-electron chi connectivity index (χ0n) is 16.6. The van der Waals surface area contributed by atoms with Gasteiger partial charge in [0.05, 0.1) is 12.1 Å². The molecule has 0 aromatic heterocycles. The Hall–Kier alpha value is -2.80. The molecule has 7 heteroatoms. The molecule has 0 aliphatic carbocycles. The van der Waals surface area contributed by atoms with Crippen LogP contribution in [0.3, 0.4) is 0 Å². The van der Waals surface area contributed by atoms with Gasteiger partial charge >= 0.3 is 0 Å². The van der Waals surface area contributed by atoms with E-state index in [1.807, 2.05) is 49.1 Å². The van der Waals surface area contributed by atoms with Crippen molar-refractivity contribution >= 4 is 11.8 Å². The van der Waals surface area contributed by atoms with Crippen LogP contribution in [-0.2, 0) is 4.79 Å². The van der Waals surface area contributed by atoms with Gasteiger partial charge in [-0.3, -0.25) is 14.5 Å². The molecule has 1 aliphatic rings. The summed E-state index contributed by atoms with van der Waals surface area (Å²) in [4.78, 5) is 28.8. The Balaban J connectivity index is 1.53. The van der Waals surface area contributed by atoms with Gasteiger partial charge in [0.1, 0.15) is 0 Å². The van der Waals surface area contributed by atoms with Crippen LogP contribution in [0.2, 0.25) is 0 Å². The molecule has 1 aliphatic heterocycles. The summed E-state index contributed by atoms with van der Waals surface area (Å²) in [6.07, 6.45) is 0. The number of piperazine rings is 1. The van der Waals surface area contributed by atoms with Crippen LogP contribution in [-0.4, -0.2) is 53.8 Å². The van der Waals surface area contributed by atoms with Gasteiger partial charge in [0, 0.05) is 31.7 Å². The van der Waals surface area contributed by atoms with E-state index in [-0.39, 0.29) is 29.5 Å². The van der Waals surface area contributed by atoms with Crippen molar-refractivity contribution in [1.29, 1.82) is 0 Å². The van der Waals surface area contributed by atoms with E-state index in [1.165, 1.54) is 6.07 Å². The van der Waals surface area contributed by atoms with Crippen LogP contribution < -0.4 is 5.32 Å². The highest BCUT2D eigenvalue weighted by Gasteiger charge is 2.28. The van der Waals surface area contributed by atoms with Crippen molar-refractivity contribution < 1.29 is 18.4 Å². The van der Waals surface area contributed by atoms with E-state index < -0.39 is 11.6 Å². The first-order valence-electron chi connectivity index (χ1n) is 9.70. The standard InChI is InChI=1S/C22H25F2N3O2/c1-15(17-6-4-3-5-7-17)25-21(28)16(2)26-10-12-27(13-11-26)22(29)18-8-9-19(23)20(24)14-18/h3-9,14-16H,10-13H2,1-2H3,(H,25,28). The van der Waals surface area contributed by atoms with Crippen LogP contribution in [0, 0.1) is 11.6 Å². The molecule has 0 saturated carbocycles. The van der Waals surface area contributed by atoms with Gasteiger partial charge in [-0.25, -0.2) is 8.78 Å². The smallest absolute Gasteiger partial charge is 0.254 e. The summed E-state index contributed by atoms with van der Waals surface area (Å²) in [5.41, 5.74) is 1.16. The Morgan fingerprint density at radius 3 is 2.21 bits per heavy atom. The van der Waals surface area contributed by atoms with E-state index in [2.05, 4.69) is 5.32 Å². The molecule has 154 valence electrons. The van der Waals surface area contributed by atoms with E-state index in [1.54, 1.807) is 4.90 Å². The molecule has 0 spiro atoms. The lowest BCUT2D eigenvalue weighted by molar-refractivity contribution is -0.127. The molecule has 0 bridgehead atoms. The zero-order valence-corrected chi connectivity index (χ0v) is 16.6. The first-order valence-corrected chi connectivity index (χ1v) is 9.70. The molecule has 0 radical (unpaired) electrons. The normalized spacial score (nSPS) is 16.9. The van der Waals surface area contributed by atoms with E-state index >= 15 is 0 Å². The summed E-state index contributed by atoms with van der Waals surface area (Å²) in [6, 6.07) is 12.5. The lowest BCUT2D eigenvalue weighted by atomic mass is 10.1. The summed E-state index contributed by atoms with van der Waals surface area (Å²) >= 11 is 0. The van der Waals surface area contributed by atoms with Gasteiger partial charge in [-0.05, 0) is 37.6 Å². The maximum Gasteiger partial charge on any atom is 0.254 e. The first-order chi connectivity index (χ1) is 13.9. The summed E-state index contributed by atoms with van der Waals surface area (Å²) in [5.74, 6) is -2.41. The van der Waals surface area contributed by atoms with Gasteiger partial charge in [-0.15, -0.1) is 0 Å². The molecule has 1 N–H and O–H groups in total. The van der Waals surface area contributed by atoms with Crippen molar-refractivity contribution in [3.05, 3.63) is 71.3 Å². The molecule has 2 atom stereocenters. The van der Waals surface area contributed by atoms with Crippen molar-refractivity contribution in [3.8, 4) is 0 Å². The van der Waals surface area contributed by atoms with Gasteiger partial charge in [-0.2, -0.15) is 0 Å². The SMILES string of the molecule is CC(NC(=O)C(C)N1CCN(C(=O)c2ccc(F)c(F)c2)CC1)c1ccccc1. The number of hydrogen-bond acceptors (Lipinski definition) is 3. The average Bonchev–Trinajstić information content (AvgIpc) is 2.75. The molecule has 3 rings (SSSR count). The fourth-order valence-corrected chi connectivity index (χ4v) is 3.45. The minimum atomic E-state index is -1.03. The van der Waals surface area contributed by atoms with E-state index in [0.29, 0.717) is 26.2 Å². The summed E-state index contributed by atoms with van der Waals surface area (Å²) in [7, 11) is 0. The molecular weight excluding hydrogens is 376 g/mol. The Kier molecular flexibility index (Phi) is 6.59. The highest BCUT2D eigenvalue weighted by Crippen LogP contribution is 2.15. The molecular formula is C22H25F2N3O2. The molecule has 1 saturated heterocycles. The molecule has 5 nitrogen and oxygen atoms in total. The predicted octanol–water partition coefficient (Wildman–Crippen LogP) is 2.99. The van der Waals surface area contributed by atoms with Crippen LogP contribution in [0.4, 0.5) is 8.78 Å². The number of amides is 2. The maximum atomic E-state index is 13.4. The average molecular weight is 401 g/mol. The Bertz CT molecular complexity index is 868. The number of carbonyl (C=O) groups is 2. The lowest BCUT2D eigenvalue weighted by Crippen LogP contribution is -2.55. The van der Waals surface area contributed by atoms with Crippen LogP contribution in [0.15, 0.2) is 48.5 Å². The van der Waals surface area contributed by atoms with E-state index in [9.17, 15) is 18.4 Å². The Morgan fingerprint density at radius 2 is 1.59 bits per heavy atom. The summed E-state index contributed by atoms with van der Waals surface area (Å²) < 4.78 is 26.5. The van der Waals surface area contributed by atoms with E-state index in [0.717, 1.165) is 17.7 Å². The van der Waals surface area contributed by atoms with Crippen molar-refractivity contribution in [2.75, 3.05) is 26.2 Å². The third kappa shape index (κ3) is 4.98. The van der Waals surface area contributed by atoms with Crippen LogP contribution in [0.25, 0.3) is 0 Å². The molecule has 2 unspecified atom stereocenters. The quantitative estimate of drug-likeness (QED) is 0.838. The van der Waals surface area contributed by atoms with Crippen LogP contribution >= 0.6 is 0 Å². The highest BCUT2D eigenvalue weighted by atomic mass is 19.2. The monoisotopic (exact) mass is 401 g/mol. The maximum absolute atomic E-state index is 13.4. The minimum absolute atomic E-state index is 0.0678. The van der Waals surface area contributed by atoms with Crippen molar-refractivity contribution in [2.24, 2.45) is 0 Å². The number of hydrogen-bond donors (Lipinski definition) is 1. The molecule has 1 fully saturated rings. The zero-order chi connectivity index (χ0) is 21.0. The van der Waals surface area contributed by atoms with Crippen molar-refractivity contribution in [3.63, 3.8) is 0 Å². The summed E-state index contributed by atoms with van der Waals surface area (Å²) in [6.45, 7) is 5.69. The molecule has 29 heavy (non-hydrogen) atoms. The number of nitrogens with one attached hydrogen (secondary N) is 1. The van der Waals surface area contributed by atoms with Gasteiger partial charge in [0.2, 0.25) is 5.91 Å². The fourth-order valence-electron chi connectivity index (χ4n) is 3.45. The van der Waals surface area contributed by atoms with Crippen molar-refractivity contribution in [2.45, 2.75) is 25.9 Å². The number of nitrogens with zero attached hydrogens (tertiary/aromatic N) is 2. The largest absolute Gasteiger partial charge is 0.348 e. The molecule has 2 aromatic carbocycles. The van der Waals surface area contributed by atoms with Gasteiger partial charge in [0.25, 0.3) is 5.91 Å². The number of carbonyl (C=O) groups excluding carboxylic acids is 2. The number of benzene rings is 2. The van der Waals surface area contributed by atoms with E-state index in [4.69, 9.17) is 0 Å². The third-order valence-corrected chi connectivity index (χ3v) is 5.35. The lowest BCUT2D eigenvalue weighted by Gasteiger charge is -2.37. The van der Waals surface area contributed by atoms with Crippen LogP contribution in [0.5, 0.6) is 0 Å². The van der Waals surface area contributed by atoms with Gasteiger partial charge in [-0.1, -0.05) is 30.3 Å². The van der Waals surface area contributed by atoms with Crippen molar-refractivity contribution in [1.82, 2.24) is 15.1 Å². The highest BCUT2D eigenvalue weighted by molar-refractivity contribution is 5.94. The topological polar surface area (TPSA) is 52.7 Å². The second-order valence-corrected chi connectivity index (χ2v) is 7.27. The second-order valence-electron chi connectivity index (χ2n) is 7.27. The molecule has 2 amide bonds. The van der Waals surface area contributed by atoms with Gasteiger partial charge < -0.3 is 10.2 Å². The van der Waals surface area contributed by atoms with Gasteiger partial charge in [0.15, 0.2) is 11.6 Å². The Labute approximate surface area is 169 Å². The first kappa shape index (κ1) is 20.9. The fraction of sp³-hybridized carbons (Fsp3) is 0.364. The summed E-state index contributed by atoms with van der Waals surface area (Å²) in [5, 5.41) is 3.03. The van der Waals surface area contributed by atoms with Crippen LogP contribution in [0.1, 0.15) is 35.8 Å². The number of rotatable bonds is 5. The number of halogens is 2. The molecule has 1 heterocycles.